The molecule has 1 fully saturated rings. The zero-order valence-electron chi connectivity index (χ0n) is 19.2. The molecular weight excluding hydrogens is 382 g/mol. The van der Waals surface area contributed by atoms with E-state index in [2.05, 4.69) is 29.7 Å². The summed E-state index contributed by atoms with van der Waals surface area (Å²) in [5.74, 6) is 0.920. The minimum Gasteiger partial charge on any atom is -0.444 e. The maximum Gasteiger partial charge on any atom is 0.410 e. The van der Waals surface area contributed by atoms with Crippen LogP contribution in [0.3, 0.4) is 0 Å². The quantitative estimate of drug-likeness (QED) is 0.814. The normalized spacial score (nSPS) is 20.6. The van der Waals surface area contributed by atoms with Crippen molar-refractivity contribution in [2.45, 2.75) is 78.2 Å². The first-order valence-corrected chi connectivity index (χ1v) is 10.6. The predicted octanol–water partition coefficient (Wildman–Crippen LogP) is 3.99. The number of rotatable bonds is 4. The highest BCUT2D eigenvalue weighted by Crippen LogP contribution is 2.32. The van der Waals surface area contributed by atoms with Crippen molar-refractivity contribution in [3.05, 3.63) is 29.6 Å². The second kappa shape index (κ2) is 8.19. The van der Waals surface area contributed by atoms with Crippen molar-refractivity contribution in [2.24, 2.45) is 0 Å². The zero-order chi connectivity index (χ0) is 22.3. The number of hydrogen-bond donors (Lipinski definition) is 1. The maximum atomic E-state index is 12.7. The van der Waals surface area contributed by atoms with Gasteiger partial charge in [-0.15, -0.1) is 0 Å². The summed E-state index contributed by atoms with van der Waals surface area (Å²) in [6.07, 6.45) is 0.103. The molecule has 1 aliphatic rings. The van der Waals surface area contributed by atoms with Crippen LogP contribution in [0.25, 0.3) is 11.0 Å². The van der Waals surface area contributed by atoms with Gasteiger partial charge < -0.3 is 24.0 Å². The van der Waals surface area contributed by atoms with Gasteiger partial charge in [0.05, 0.1) is 41.9 Å². The molecular formula is C23H35N3O4. The summed E-state index contributed by atoms with van der Waals surface area (Å²) in [5.41, 5.74) is 1.68. The largest absolute Gasteiger partial charge is 0.444 e. The number of benzene rings is 1. The summed E-state index contributed by atoms with van der Waals surface area (Å²) >= 11 is 0. The second-order valence-corrected chi connectivity index (χ2v) is 9.97. The number of amides is 1. The number of ether oxygens (including phenoxy) is 2. The Hall–Kier alpha value is -2.12. The molecule has 30 heavy (non-hydrogen) atoms. The van der Waals surface area contributed by atoms with Crippen LogP contribution in [0.15, 0.2) is 18.2 Å². The van der Waals surface area contributed by atoms with E-state index in [0.717, 1.165) is 23.3 Å². The molecule has 166 valence electrons. The lowest BCUT2D eigenvalue weighted by atomic mass is 10.0. The molecule has 1 N–H and O–H groups in total. The lowest BCUT2D eigenvalue weighted by Gasteiger charge is -2.40. The van der Waals surface area contributed by atoms with Crippen molar-refractivity contribution < 1.29 is 19.4 Å². The van der Waals surface area contributed by atoms with Gasteiger partial charge in [-0.05, 0) is 72.6 Å². The summed E-state index contributed by atoms with van der Waals surface area (Å²) < 4.78 is 14.0. The molecule has 0 saturated carbocycles. The van der Waals surface area contributed by atoms with Crippen LogP contribution in [0, 0.1) is 13.8 Å². The number of carbonyl (C=O) groups is 1. The van der Waals surface area contributed by atoms with E-state index in [1.54, 1.807) is 18.7 Å². The van der Waals surface area contributed by atoms with E-state index in [0.29, 0.717) is 13.1 Å². The number of piperidine rings is 1. The number of nitrogens with zero attached hydrogens (tertiary/aromatic N) is 3. The Labute approximate surface area is 179 Å². The van der Waals surface area contributed by atoms with Gasteiger partial charge in [0.1, 0.15) is 11.4 Å². The Balaban J connectivity index is 1.90. The lowest BCUT2D eigenvalue weighted by Crippen LogP contribution is -2.50. The van der Waals surface area contributed by atoms with Crippen LogP contribution in [0.5, 0.6) is 0 Å². The third-order valence-electron chi connectivity index (χ3n) is 5.18. The number of aryl methyl sites for hydroxylation is 2. The van der Waals surface area contributed by atoms with Crippen molar-refractivity contribution >= 4 is 17.1 Å². The van der Waals surface area contributed by atoms with Gasteiger partial charge in [0.15, 0.2) is 0 Å². The number of aliphatic hydroxyl groups is 1. The molecule has 7 heteroatoms. The highest BCUT2D eigenvalue weighted by molar-refractivity contribution is 5.77. The minimum atomic E-state index is -0.956. The Morgan fingerprint density at radius 3 is 2.57 bits per heavy atom. The van der Waals surface area contributed by atoms with Gasteiger partial charge in [-0.2, -0.15) is 0 Å². The first-order chi connectivity index (χ1) is 13.8. The Bertz CT molecular complexity index is 908. The molecule has 2 aromatic rings. The molecule has 3 rings (SSSR count). The van der Waals surface area contributed by atoms with Crippen LogP contribution in [-0.4, -0.2) is 62.7 Å². The molecule has 0 radical (unpaired) electrons. The smallest absolute Gasteiger partial charge is 0.410 e. The van der Waals surface area contributed by atoms with Gasteiger partial charge >= 0.3 is 6.09 Å². The van der Waals surface area contributed by atoms with Crippen molar-refractivity contribution in [1.82, 2.24) is 14.5 Å². The molecule has 0 bridgehead atoms. The molecule has 0 aliphatic carbocycles. The lowest BCUT2D eigenvalue weighted by molar-refractivity contribution is -0.0898. The first kappa shape index (κ1) is 22.6. The Morgan fingerprint density at radius 1 is 1.23 bits per heavy atom. The van der Waals surface area contributed by atoms with E-state index in [1.807, 2.05) is 27.7 Å². The summed E-state index contributed by atoms with van der Waals surface area (Å²) in [6, 6.07) is 6.28. The number of carbonyl (C=O) groups excluding carboxylic acids is 1. The molecule has 2 heterocycles. The fraction of sp³-hybridized carbons (Fsp3) is 0.652. The molecule has 7 nitrogen and oxygen atoms in total. The molecule has 1 aromatic carbocycles. The topological polar surface area (TPSA) is 76.8 Å². The zero-order valence-corrected chi connectivity index (χ0v) is 19.2. The molecule has 1 aromatic heterocycles. The summed E-state index contributed by atoms with van der Waals surface area (Å²) in [6.45, 7) is 14.3. The number of likely N-dealkylation sites (tertiary alicyclic amines) is 1. The summed E-state index contributed by atoms with van der Waals surface area (Å²) in [4.78, 5) is 19.1. The molecule has 2 unspecified atom stereocenters. The van der Waals surface area contributed by atoms with Crippen LogP contribution < -0.4 is 0 Å². The van der Waals surface area contributed by atoms with Gasteiger partial charge in [0.25, 0.3) is 0 Å². The number of imidazole rings is 1. The van der Waals surface area contributed by atoms with Gasteiger partial charge in [-0.1, -0.05) is 6.07 Å². The number of fused-ring (bicyclic) bond motifs is 1. The molecule has 1 saturated heterocycles. The average molecular weight is 418 g/mol. The van der Waals surface area contributed by atoms with Crippen LogP contribution in [0.1, 0.15) is 58.5 Å². The van der Waals surface area contributed by atoms with Gasteiger partial charge in [-0.25, -0.2) is 9.78 Å². The molecule has 2 atom stereocenters. The Morgan fingerprint density at radius 2 is 1.93 bits per heavy atom. The predicted molar refractivity (Wildman–Crippen MR) is 117 cm³/mol. The third-order valence-corrected chi connectivity index (χ3v) is 5.18. The second-order valence-electron chi connectivity index (χ2n) is 9.97. The van der Waals surface area contributed by atoms with Crippen LogP contribution >= 0.6 is 0 Å². The summed E-state index contributed by atoms with van der Waals surface area (Å²) in [7, 11) is 0. The molecule has 0 spiro atoms. The highest BCUT2D eigenvalue weighted by atomic mass is 16.6. The van der Waals surface area contributed by atoms with E-state index in [-0.39, 0.29) is 24.8 Å². The van der Waals surface area contributed by atoms with Crippen LogP contribution in [-0.2, 0) is 9.47 Å². The van der Waals surface area contributed by atoms with Crippen molar-refractivity contribution in [3.63, 3.8) is 0 Å². The SMILES string of the molecule is Cc1ccc2c(c1)nc(C)n2C1CCN(C(=O)OC(C)(C)C)CC1OCC(C)(C)O. The van der Waals surface area contributed by atoms with Crippen molar-refractivity contribution in [3.8, 4) is 0 Å². The first-order valence-electron chi connectivity index (χ1n) is 10.6. The van der Waals surface area contributed by atoms with E-state index >= 15 is 0 Å². The highest BCUT2D eigenvalue weighted by Gasteiger charge is 2.37. The third kappa shape index (κ3) is 5.32. The average Bonchev–Trinajstić information content (AvgIpc) is 2.92. The van der Waals surface area contributed by atoms with Gasteiger partial charge in [0, 0.05) is 6.54 Å². The Kier molecular flexibility index (Phi) is 6.16. The van der Waals surface area contributed by atoms with Crippen molar-refractivity contribution in [1.29, 1.82) is 0 Å². The van der Waals surface area contributed by atoms with E-state index in [9.17, 15) is 9.90 Å². The van der Waals surface area contributed by atoms with Crippen molar-refractivity contribution in [2.75, 3.05) is 19.7 Å². The molecule has 1 amide bonds. The van der Waals surface area contributed by atoms with Crippen LogP contribution in [0.2, 0.25) is 0 Å². The molecule has 1 aliphatic heterocycles. The van der Waals surface area contributed by atoms with E-state index < -0.39 is 11.2 Å². The number of aromatic nitrogens is 2. The minimum absolute atomic E-state index is 0.0127. The van der Waals surface area contributed by atoms with Crippen LogP contribution in [0.4, 0.5) is 4.79 Å². The maximum absolute atomic E-state index is 12.7. The van der Waals surface area contributed by atoms with E-state index in [4.69, 9.17) is 14.5 Å². The monoisotopic (exact) mass is 417 g/mol. The van der Waals surface area contributed by atoms with E-state index in [1.165, 1.54) is 5.56 Å². The van der Waals surface area contributed by atoms with Gasteiger partial charge in [0.2, 0.25) is 0 Å². The fourth-order valence-electron chi connectivity index (χ4n) is 3.91. The fourth-order valence-corrected chi connectivity index (χ4v) is 3.91. The standard InChI is InChI=1S/C23H35N3O4/c1-15-8-9-18-17(12-15)24-16(2)26(18)19-10-11-25(21(27)30-22(3,4)5)13-20(19)29-14-23(6,7)28/h8-9,12,19-20,28H,10-11,13-14H2,1-7H3. The number of hydrogen-bond acceptors (Lipinski definition) is 5. The summed E-state index contributed by atoms with van der Waals surface area (Å²) in [5, 5.41) is 10.2. The van der Waals surface area contributed by atoms with Gasteiger partial charge in [-0.3, -0.25) is 0 Å².